The summed E-state index contributed by atoms with van der Waals surface area (Å²) in [6.07, 6.45) is 24.1. The Morgan fingerprint density at radius 1 is 0.958 bits per heavy atom. The van der Waals surface area contributed by atoms with Gasteiger partial charge in [0.2, 0.25) is 0 Å². The molecule has 0 aliphatic heterocycles. The second-order valence-corrected chi connectivity index (χ2v) is 8.83. The van der Waals surface area contributed by atoms with Crippen molar-refractivity contribution >= 4 is 0 Å². The van der Waals surface area contributed by atoms with Crippen LogP contribution in [-0.4, -0.2) is 0 Å². The lowest BCUT2D eigenvalue weighted by atomic mass is 9.79. The monoisotopic (exact) mass is 332 g/mol. The molecule has 3 atom stereocenters. The zero-order chi connectivity index (χ0) is 17.8. The standard InChI is InChI=1S/C24H44/c1-6-8-10-11-12-13-14-15-16-17-18-21(3)22-20-23(22)24(4,5)19-9-7-2/h8,10-12,21-23H,6-7,9,13-20H2,1-5H3. The number of hydrogen-bond acceptors (Lipinski definition) is 0. The Kier molecular flexibility index (Phi) is 10.7. The molecule has 0 aromatic rings. The summed E-state index contributed by atoms with van der Waals surface area (Å²) in [5.41, 5.74) is 0.591. The molecule has 0 heteroatoms. The molecule has 0 heterocycles. The van der Waals surface area contributed by atoms with Gasteiger partial charge in [-0.2, -0.15) is 0 Å². The van der Waals surface area contributed by atoms with Gasteiger partial charge in [0.05, 0.1) is 0 Å². The predicted octanol–water partition coefficient (Wildman–Crippen LogP) is 8.34. The predicted molar refractivity (Wildman–Crippen MR) is 110 cm³/mol. The molecule has 0 N–H and O–H groups in total. The molecule has 1 aliphatic carbocycles. The van der Waals surface area contributed by atoms with Crippen molar-refractivity contribution in [2.24, 2.45) is 23.2 Å². The first-order chi connectivity index (χ1) is 11.5. The third-order valence-corrected chi connectivity index (χ3v) is 6.15. The van der Waals surface area contributed by atoms with Crippen molar-refractivity contribution in [3.63, 3.8) is 0 Å². The maximum absolute atomic E-state index is 2.52. The Morgan fingerprint density at radius 2 is 1.67 bits per heavy atom. The second kappa shape index (κ2) is 11.9. The van der Waals surface area contributed by atoms with Crippen LogP contribution in [0.4, 0.5) is 0 Å². The van der Waals surface area contributed by atoms with E-state index >= 15 is 0 Å². The van der Waals surface area contributed by atoms with Gasteiger partial charge in [-0.25, -0.2) is 0 Å². The van der Waals surface area contributed by atoms with Crippen LogP contribution < -0.4 is 0 Å². The highest BCUT2D eigenvalue weighted by Gasteiger charge is 2.48. The van der Waals surface area contributed by atoms with Gasteiger partial charge in [0.15, 0.2) is 0 Å². The minimum Gasteiger partial charge on any atom is -0.0848 e. The van der Waals surface area contributed by atoms with E-state index in [2.05, 4.69) is 58.9 Å². The van der Waals surface area contributed by atoms with Gasteiger partial charge in [-0.05, 0) is 55.3 Å². The molecule has 140 valence electrons. The Hall–Kier alpha value is -0.520. The molecule has 1 saturated carbocycles. The summed E-state index contributed by atoms with van der Waals surface area (Å²) in [4.78, 5) is 0. The maximum Gasteiger partial charge on any atom is -0.0323 e. The number of hydrogen-bond donors (Lipinski definition) is 0. The third-order valence-electron chi connectivity index (χ3n) is 6.15. The molecule has 0 spiro atoms. The van der Waals surface area contributed by atoms with E-state index in [0.717, 1.165) is 24.2 Å². The lowest BCUT2D eigenvalue weighted by Gasteiger charge is -2.26. The highest BCUT2D eigenvalue weighted by Crippen LogP contribution is 2.57. The third kappa shape index (κ3) is 8.54. The van der Waals surface area contributed by atoms with Crippen molar-refractivity contribution in [2.75, 3.05) is 0 Å². The van der Waals surface area contributed by atoms with Crippen LogP contribution in [0.5, 0.6) is 0 Å². The summed E-state index contributed by atoms with van der Waals surface area (Å²) in [5, 5.41) is 0. The Labute approximate surface area is 153 Å². The van der Waals surface area contributed by atoms with Gasteiger partial charge in [0, 0.05) is 0 Å². The van der Waals surface area contributed by atoms with Gasteiger partial charge < -0.3 is 0 Å². The molecule has 0 radical (unpaired) electrons. The highest BCUT2D eigenvalue weighted by molar-refractivity contribution is 5.01. The molecule has 0 aromatic carbocycles. The summed E-state index contributed by atoms with van der Waals surface area (Å²) < 4.78 is 0. The number of allylic oxidation sites excluding steroid dienone is 4. The van der Waals surface area contributed by atoms with Crippen LogP contribution in [0.25, 0.3) is 0 Å². The summed E-state index contributed by atoms with van der Waals surface area (Å²) in [6.45, 7) is 12.1. The Morgan fingerprint density at radius 3 is 2.38 bits per heavy atom. The highest BCUT2D eigenvalue weighted by atomic mass is 14.5. The van der Waals surface area contributed by atoms with Crippen LogP contribution in [0.15, 0.2) is 24.3 Å². The Bertz CT molecular complexity index is 360. The van der Waals surface area contributed by atoms with Crippen LogP contribution in [-0.2, 0) is 0 Å². The van der Waals surface area contributed by atoms with E-state index in [1.54, 1.807) is 0 Å². The van der Waals surface area contributed by atoms with Crippen LogP contribution in [0.1, 0.15) is 105 Å². The van der Waals surface area contributed by atoms with Crippen LogP contribution in [0.3, 0.4) is 0 Å². The quantitative estimate of drug-likeness (QED) is 0.221. The zero-order valence-electron chi connectivity index (χ0n) is 17.3. The number of rotatable bonds is 14. The summed E-state index contributed by atoms with van der Waals surface area (Å²) in [5.74, 6) is 3.00. The fourth-order valence-electron chi connectivity index (χ4n) is 4.25. The van der Waals surface area contributed by atoms with Crippen LogP contribution in [0.2, 0.25) is 0 Å². The fourth-order valence-corrected chi connectivity index (χ4v) is 4.25. The van der Waals surface area contributed by atoms with Crippen molar-refractivity contribution in [3.8, 4) is 0 Å². The summed E-state index contributed by atoms with van der Waals surface area (Å²) >= 11 is 0. The van der Waals surface area contributed by atoms with Crippen LogP contribution >= 0.6 is 0 Å². The summed E-state index contributed by atoms with van der Waals surface area (Å²) in [6, 6.07) is 0. The van der Waals surface area contributed by atoms with Gasteiger partial charge in [-0.1, -0.05) is 97.4 Å². The topological polar surface area (TPSA) is 0 Å². The molecule has 0 aromatic heterocycles. The minimum absolute atomic E-state index is 0.591. The first kappa shape index (κ1) is 21.5. The van der Waals surface area contributed by atoms with Crippen molar-refractivity contribution in [3.05, 3.63) is 24.3 Å². The number of unbranched alkanes of at least 4 members (excludes halogenated alkanes) is 5. The van der Waals surface area contributed by atoms with Gasteiger partial charge in [-0.15, -0.1) is 0 Å². The molecule has 1 aliphatic rings. The SMILES string of the molecule is CCC=CC=CCCCCCCC(C)C1CC1C(C)(C)CCCC. The average molecular weight is 333 g/mol. The fraction of sp³-hybridized carbons (Fsp3) is 0.833. The van der Waals surface area contributed by atoms with E-state index in [4.69, 9.17) is 0 Å². The van der Waals surface area contributed by atoms with Gasteiger partial charge in [-0.3, -0.25) is 0 Å². The first-order valence-electron chi connectivity index (χ1n) is 10.8. The zero-order valence-corrected chi connectivity index (χ0v) is 17.3. The largest absolute Gasteiger partial charge is 0.0848 e. The van der Waals surface area contributed by atoms with Crippen molar-refractivity contribution in [1.82, 2.24) is 0 Å². The van der Waals surface area contributed by atoms with Crippen molar-refractivity contribution < 1.29 is 0 Å². The molecular formula is C24H44. The first-order valence-corrected chi connectivity index (χ1v) is 10.8. The average Bonchev–Trinajstić information content (AvgIpc) is 3.36. The Balaban J connectivity index is 2.04. The van der Waals surface area contributed by atoms with E-state index in [1.165, 1.54) is 64.2 Å². The van der Waals surface area contributed by atoms with Gasteiger partial charge in [0.25, 0.3) is 0 Å². The van der Waals surface area contributed by atoms with Gasteiger partial charge >= 0.3 is 0 Å². The molecule has 0 amide bonds. The lowest BCUT2D eigenvalue weighted by Crippen LogP contribution is -2.17. The van der Waals surface area contributed by atoms with E-state index in [-0.39, 0.29) is 0 Å². The van der Waals surface area contributed by atoms with Crippen LogP contribution in [0, 0.1) is 23.2 Å². The smallest absolute Gasteiger partial charge is 0.0323 e. The van der Waals surface area contributed by atoms with E-state index in [1.807, 2.05) is 0 Å². The van der Waals surface area contributed by atoms with Gasteiger partial charge in [0.1, 0.15) is 0 Å². The lowest BCUT2D eigenvalue weighted by molar-refractivity contribution is 0.241. The van der Waals surface area contributed by atoms with E-state index in [0.29, 0.717) is 5.41 Å². The molecule has 0 bridgehead atoms. The van der Waals surface area contributed by atoms with E-state index < -0.39 is 0 Å². The molecule has 0 saturated heterocycles. The maximum atomic E-state index is 2.52. The molecule has 3 unspecified atom stereocenters. The van der Waals surface area contributed by atoms with Crippen molar-refractivity contribution in [2.45, 2.75) is 105 Å². The molecule has 1 fully saturated rings. The van der Waals surface area contributed by atoms with E-state index in [9.17, 15) is 0 Å². The molecule has 0 nitrogen and oxygen atoms in total. The molecule has 24 heavy (non-hydrogen) atoms. The normalized spacial score (nSPS) is 22.5. The second-order valence-electron chi connectivity index (χ2n) is 8.83. The van der Waals surface area contributed by atoms with Crippen molar-refractivity contribution in [1.29, 1.82) is 0 Å². The molecular weight excluding hydrogens is 288 g/mol. The summed E-state index contributed by atoms with van der Waals surface area (Å²) in [7, 11) is 0. The molecule has 1 rings (SSSR count). The minimum atomic E-state index is 0.591.